The predicted molar refractivity (Wildman–Crippen MR) is 113 cm³/mol. The fourth-order valence-corrected chi connectivity index (χ4v) is 3.67. The van der Waals surface area contributed by atoms with Crippen molar-refractivity contribution in [2.75, 3.05) is 13.7 Å². The van der Waals surface area contributed by atoms with Crippen molar-refractivity contribution in [1.82, 2.24) is 10.3 Å². The fourth-order valence-electron chi connectivity index (χ4n) is 3.43. The van der Waals surface area contributed by atoms with E-state index in [9.17, 15) is 9.59 Å². The Hall–Kier alpha value is -3.38. The maximum absolute atomic E-state index is 12.3. The number of rotatable bonds is 5. The van der Waals surface area contributed by atoms with Gasteiger partial charge in [-0.15, -0.1) is 0 Å². The molecule has 2 heterocycles. The number of hydrogen-bond acceptors (Lipinski definition) is 5. The minimum atomic E-state index is -0.390. The van der Waals surface area contributed by atoms with Crippen molar-refractivity contribution in [2.45, 2.75) is 12.5 Å². The predicted octanol–water partition coefficient (Wildman–Crippen LogP) is 3.92. The Bertz CT molecular complexity index is 1080. The summed E-state index contributed by atoms with van der Waals surface area (Å²) in [5.74, 6) is 0.156. The zero-order valence-electron chi connectivity index (χ0n) is 16.2. The lowest BCUT2D eigenvalue weighted by molar-refractivity contribution is 0.0600. The Morgan fingerprint density at radius 3 is 2.70 bits per heavy atom. The molecule has 0 saturated carbocycles. The van der Waals surface area contributed by atoms with Crippen LogP contribution < -0.4 is 10.1 Å². The Balaban J connectivity index is 1.51. The number of ether oxygens (including phenoxy) is 2. The normalized spacial score (nSPS) is 14.5. The molecule has 1 aliphatic heterocycles. The van der Waals surface area contributed by atoms with E-state index in [4.69, 9.17) is 21.1 Å². The van der Waals surface area contributed by atoms with E-state index in [1.54, 1.807) is 30.5 Å². The number of amides is 1. The molecule has 152 valence electrons. The molecule has 0 spiro atoms. The van der Waals surface area contributed by atoms with Gasteiger partial charge in [0.15, 0.2) is 0 Å². The minimum Gasteiger partial charge on any atom is -0.487 e. The number of carbonyl (C=O) groups is 2. The quantitative estimate of drug-likeness (QED) is 0.630. The third-order valence-electron chi connectivity index (χ3n) is 4.89. The minimum absolute atomic E-state index is 0.195. The first-order valence-corrected chi connectivity index (χ1v) is 9.79. The third kappa shape index (κ3) is 4.14. The molecule has 1 aromatic heterocycles. The van der Waals surface area contributed by atoms with Crippen LogP contribution in [-0.4, -0.2) is 36.6 Å². The summed E-state index contributed by atoms with van der Waals surface area (Å²) in [7, 11) is 1.35. The number of nitrogens with one attached hydrogen (secondary N) is 1. The second kappa shape index (κ2) is 8.55. The number of hydrogen-bond donors (Lipinski definition) is 1. The Morgan fingerprint density at radius 2 is 2.00 bits per heavy atom. The highest BCUT2D eigenvalue weighted by Crippen LogP contribution is 2.41. The van der Waals surface area contributed by atoms with Gasteiger partial charge >= 0.3 is 5.97 Å². The molecule has 0 aliphatic carbocycles. The molecule has 0 radical (unpaired) electrons. The van der Waals surface area contributed by atoms with E-state index in [-0.39, 0.29) is 12.0 Å². The Labute approximate surface area is 178 Å². The Morgan fingerprint density at radius 1 is 1.20 bits per heavy atom. The lowest BCUT2D eigenvalue weighted by Crippen LogP contribution is -2.34. The van der Waals surface area contributed by atoms with Gasteiger partial charge in [0.1, 0.15) is 11.9 Å². The SMILES string of the molecule is COC(=O)c1ccc(-c2cc(Cl)cc3c2OC(CNC(=O)c2cccnc2)C3)cc1. The van der Waals surface area contributed by atoms with E-state index in [1.807, 2.05) is 24.3 Å². The summed E-state index contributed by atoms with van der Waals surface area (Å²) in [6.07, 6.45) is 3.58. The van der Waals surface area contributed by atoms with E-state index in [0.29, 0.717) is 29.1 Å². The van der Waals surface area contributed by atoms with Crippen LogP contribution in [0.2, 0.25) is 5.02 Å². The molecule has 30 heavy (non-hydrogen) atoms. The number of carbonyl (C=O) groups excluding carboxylic acids is 2. The monoisotopic (exact) mass is 422 g/mol. The van der Waals surface area contributed by atoms with Gasteiger partial charge in [-0.25, -0.2) is 4.79 Å². The highest BCUT2D eigenvalue weighted by molar-refractivity contribution is 6.31. The molecule has 2 aromatic carbocycles. The standard InChI is InChI=1S/C23H19ClN2O4/c1-29-23(28)15-6-4-14(5-7-15)20-11-18(24)9-17-10-19(30-21(17)20)13-26-22(27)16-3-2-8-25-12-16/h2-9,11-12,19H,10,13H2,1H3,(H,26,27). The molecule has 1 amide bonds. The van der Waals surface area contributed by atoms with Crippen LogP contribution in [-0.2, 0) is 11.2 Å². The van der Waals surface area contributed by atoms with Gasteiger partial charge in [-0.3, -0.25) is 9.78 Å². The van der Waals surface area contributed by atoms with Crippen molar-refractivity contribution in [3.63, 3.8) is 0 Å². The average molecular weight is 423 g/mol. The number of esters is 1. The van der Waals surface area contributed by atoms with Crippen molar-refractivity contribution in [3.05, 3.63) is 82.6 Å². The first-order chi connectivity index (χ1) is 14.5. The zero-order chi connectivity index (χ0) is 21.1. The lowest BCUT2D eigenvalue weighted by Gasteiger charge is -2.14. The second-order valence-electron chi connectivity index (χ2n) is 6.91. The molecule has 1 N–H and O–H groups in total. The van der Waals surface area contributed by atoms with Gasteiger partial charge in [-0.1, -0.05) is 23.7 Å². The highest BCUT2D eigenvalue weighted by Gasteiger charge is 2.27. The van der Waals surface area contributed by atoms with E-state index in [2.05, 4.69) is 10.3 Å². The zero-order valence-corrected chi connectivity index (χ0v) is 17.0. The number of benzene rings is 2. The van der Waals surface area contributed by atoms with Gasteiger partial charge in [0.05, 0.1) is 24.8 Å². The number of halogens is 1. The summed E-state index contributed by atoms with van der Waals surface area (Å²) in [4.78, 5) is 27.9. The first-order valence-electron chi connectivity index (χ1n) is 9.41. The summed E-state index contributed by atoms with van der Waals surface area (Å²) in [5, 5.41) is 3.49. The lowest BCUT2D eigenvalue weighted by atomic mass is 9.99. The van der Waals surface area contributed by atoms with Crippen LogP contribution in [0.15, 0.2) is 60.9 Å². The molecule has 1 atom stereocenters. The number of aromatic nitrogens is 1. The van der Waals surface area contributed by atoms with Crippen LogP contribution in [0.1, 0.15) is 26.3 Å². The van der Waals surface area contributed by atoms with Crippen LogP contribution in [0.25, 0.3) is 11.1 Å². The summed E-state index contributed by atoms with van der Waals surface area (Å²) in [6.45, 7) is 0.362. The van der Waals surface area contributed by atoms with E-state index in [1.165, 1.54) is 13.3 Å². The van der Waals surface area contributed by atoms with Crippen molar-refractivity contribution in [2.24, 2.45) is 0 Å². The van der Waals surface area contributed by atoms with Crippen LogP contribution >= 0.6 is 11.6 Å². The largest absolute Gasteiger partial charge is 0.487 e. The van der Waals surface area contributed by atoms with Crippen LogP contribution in [0, 0.1) is 0 Å². The summed E-state index contributed by atoms with van der Waals surface area (Å²) in [6, 6.07) is 14.2. The van der Waals surface area contributed by atoms with Gasteiger partial charge in [0.25, 0.3) is 5.91 Å². The van der Waals surface area contributed by atoms with Gasteiger partial charge in [-0.2, -0.15) is 0 Å². The van der Waals surface area contributed by atoms with Crippen LogP contribution in [0.5, 0.6) is 5.75 Å². The molecule has 3 aromatic rings. The molecule has 0 fully saturated rings. The van der Waals surface area contributed by atoms with Gasteiger partial charge < -0.3 is 14.8 Å². The van der Waals surface area contributed by atoms with Gasteiger partial charge in [-0.05, 0) is 42.0 Å². The van der Waals surface area contributed by atoms with E-state index in [0.717, 1.165) is 22.4 Å². The second-order valence-corrected chi connectivity index (χ2v) is 7.34. The smallest absolute Gasteiger partial charge is 0.337 e. The van der Waals surface area contributed by atoms with Gasteiger partial charge in [0, 0.05) is 35.0 Å². The van der Waals surface area contributed by atoms with Crippen molar-refractivity contribution < 1.29 is 19.1 Å². The molecule has 1 aliphatic rings. The maximum atomic E-state index is 12.3. The van der Waals surface area contributed by atoms with Crippen LogP contribution in [0.3, 0.4) is 0 Å². The molecule has 0 bridgehead atoms. The van der Waals surface area contributed by atoms with Gasteiger partial charge in [0.2, 0.25) is 0 Å². The molecule has 1 unspecified atom stereocenters. The summed E-state index contributed by atoms with van der Waals surface area (Å²) >= 11 is 6.33. The third-order valence-corrected chi connectivity index (χ3v) is 5.11. The highest BCUT2D eigenvalue weighted by atomic mass is 35.5. The molecule has 7 heteroatoms. The van der Waals surface area contributed by atoms with E-state index >= 15 is 0 Å². The first kappa shape index (κ1) is 19.9. The topological polar surface area (TPSA) is 77.5 Å². The average Bonchev–Trinajstić information content (AvgIpc) is 3.19. The van der Waals surface area contributed by atoms with Crippen molar-refractivity contribution in [1.29, 1.82) is 0 Å². The number of nitrogens with zero attached hydrogens (tertiary/aromatic N) is 1. The molecular weight excluding hydrogens is 404 g/mol. The van der Waals surface area contributed by atoms with Crippen LogP contribution in [0.4, 0.5) is 0 Å². The summed E-state index contributed by atoms with van der Waals surface area (Å²) < 4.78 is 10.9. The fraction of sp³-hybridized carbons (Fsp3) is 0.174. The number of methoxy groups -OCH3 is 1. The molecule has 4 rings (SSSR count). The Kier molecular flexibility index (Phi) is 5.68. The number of fused-ring (bicyclic) bond motifs is 1. The summed E-state index contributed by atoms with van der Waals surface area (Å²) in [5.41, 5.74) is 3.67. The maximum Gasteiger partial charge on any atom is 0.337 e. The van der Waals surface area contributed by atoms with Crippen molar-refractivity contribution in [3.8, 4) is 16.9 Å². The molecular formula is C23H19ClN2O4. The number of pyridine rings is 1. The van der Waals surface area contributed by atoms with E-state index < -0.39 is 5.97 Å². The van der Waals surface area contributed by atoms with Crippen molar-refractivity contribution >= 4 is 23.5 Å². The molecule has 6 nitrogen and oxygen atoms in total. The molecule has 0 saturated heterocycles.